The number of nitrogens with one attached hydrogen (secondary N) is 2. The van der Waals surface area contributed by atoms with Crippen LogP contribution in [0, 0.1) is 0 Å². The van der Waals surface area contributed by atoms with Crippen molar-refractivity contribution in [2.45, 2.75) is 31.8 Å². The van der Waals surface area contributed by atoms with Crippen LogP contribution in [0.3, 0.4) is 0 Å². The van der Waals surface area contributed by atoms with Gasteiger partial charge in [0.15, 0.2) is 0 Å². The molecule has 6 nitrogen and oxygen atoms in total. The molecule has 2 amide bonds. The van der Waals surface area contributed by atoms with Crippen molar-refractivity contribution in [1.82, 2.24) is 14.9 Å². The van der Waals surface area contributed by atoms with E-state index in [9.17, 15) is 9.59 Å². The van der Waals surface area contributed by atoms with Gasteiger partial charge in [-0.1, -0.05) is 30.3 Å². The van der Waals surface area contributed by atoms with Crippen molar-refractivity contribution in [2.24, 2.45) is 0 Å². The predicted octanol–water partition coefficient (Wildman–Crippen LogP) is 3.33. The van der Waals surface area contributed by atoms with E-state index in [-0.39, 0.29) is 17.9 Å². The summed E-state index contributed by atoms with van der Waals surface area (Å²) in [6.07, 6.45) is 7.41. The highest BCUT2D eigenvalue weighted by atomic mass is 16.2. The zero-order valence-corrected chi connectivity index (χ0v) is 15.5. The highest BCUT2D eigenvalue weighted by Gasteiger charge is 2.23. The molecule has 1 aromatic heterocycles. The van der Waals surface area contributed by atoms with Gasteiger partial charge in [-0.05, 0) is 42.2 Å². The molecule has 0 saturated heterocycles. The molecule has 1 heterocycles. The number of rotatable bonds is 6. The summed E-state index contributed by atoms with van der Waals surface area (Å²) in [5.41, 5.74) is 3.65. The predicted molar refractivity (Wildman–Crippen MR) is 107 cm³/mol. The molecule has 4 rings (SSSR count). The molecule has 2 aromatic carbocycles. The highest BCUT2D eigenvalue weighted by Crippen LogP contribution is 2.31. The number of amides is 2. The molecule has 28 heavy (non-hydrogen) atoms. The summed E-state index contributed by atoms with van der Waals surface area (Å²) in [6.45, 7) is 0.563. The number of aryl methyl sites for hydroxylation is 2. The number of nitrogens with zero attached hydrogens (tertiary/aromatic N) is 2. The van der Waals surface area contributed by atoms with Crippen LogP contribution in [-0.2, 0) is 17.8 Å². The number of hydrogen-bond donors (Lipinski definition) is 2. The second-order valence-corrected chi connectivity index (χ2v) is 6.94. The Bertz CT molecular complexity index is 982. The van der Waals surface area contributed by atoms with Crippen LogP contribution in [0.5, 0.6) is 0 Å². The van der Waals surface area contributed by atoms with Gasteiger partial charge in [0.05, 0.1) is 12.4 Å². The molecule has 1 unspecified atom stereocenters. The van der Waals surface area contributed by atoms with Gasteiger partial charge in [0, 0.05) is 36.6 Å². The van der Waals surface area contributed by atoms with Gasteiger partial charge in [0.1, 0.15) is 0 Å². The summed E-state index contributed by atoms with van der Waals surface area (Å²) in [5.74, 6) is -0.229. The monoisotopic (exact) mass is 374 g/mol. The van der Waals surface area contributed by atoms with Gasteiger partial charge in [0.2, 0.25) is 5.91 Å². The molecule has 1 aliphatic rings. The van der Waals surface area contributed by atoms with Gasteiger partial charge in [-0.25, -0.2) is 4.98 Å². The number of anilines is 1. The fourth-order valence-electron chi connectivity index (χ4n) is 3.56. The van der Waals surface area contributed by atoms with Gasteiger partial charge in [0.25, 0.3) is 5.91 Å². The first-order chi connectivity index (χ1) is 13.7. The van der Waals surface area contributed by atoms with Crippen molar-refractivity contribution in [3.8, 4) is 0 Å². The van der Waals surface area contributed by atoms with Crippen molar-refractivity contribution in [2.75, 3.05) is 5.32 Å². The summed E-state index contributed by atoms with van der Waals surface area (Å²) in [6, 6.07) is 15.3. The minimum Gasteiger partial charge on any atom is -0.345 e. The second kappa shape index (κ2) is 8.08. The number of hydrogen-bond acceptors (Lipinski definition) is 3. The van der Waals surface area contributed by atoms with Crippen molar-refractivity contribution < 1.29 is 9.59 Å². The number of imidazole rings is 1. The second-order valence-electron chi connectivity index (χ2n) is 6.94. The van der Waals surface area contributed by atoms with E-state index in [0.717, 1.165) is 12.8 Å². The molecule has 3 aromatic rings. The van der Waals surface area contributed by atoms with E-state index in [0.29, 0.717) is 24.2 Å². The lowest BCUT2D eigenvalue weighted by atomic mass is 10.1. The molecule has 142 valence electrons. The molecule has 0 aliphatic heterocycles. The molecule has 1 atom stereocenters. The molecular weight excluding hydrogens is 352 g/mol. The third-order valence-electron chi connectivity index (χ3n) is 5.00. The van der Waals surface area contributed by atoms with E-state index in [1.54, 1.807) is 36.8 Å². The van der Waals surface area contributed by atoms with Crippen molar-refractivity contribution in [3.05, 3.63) is 83.9 Å². The number of carbonyl (C=O) groups is 2. The standard InChI is InChI=1S/C22H22N4O2/c27-21(10-12-26-13-11-23-15-26)24-18-6-3-5-17(14-18)22(28)25-20-9-8-16-4-1-2-7-19(16)20/h1-7,11,13-15,20H,8-10,12H2,(H,24,27)(H,25,28). The molecule has 0 fully saturated rings. The Hall–Kier alpha value is -3.41. The maximum Gasteiger partial charge on any atom is 0.251 e. The first-order valence-electron chi connectivity index (χ1n) is 9.43. The molecule has 0 bridgehead atoms. The third kappa shape index (κ3) is 4.11. The van der Waals surface area contributed by atoms with Crippen LogP contribution in [0.15, 0.2) is 67.3 Å². The van der Waals surface area contributed by atoms with Crippen LogP contribution in [0.1, 0.15) is 40.4 Å². The zero-order valence-electron chi connectivity index (χ0n) is 15.5. The quantitative estimate of drug-likeness (QED) is 0.695. The SMILES string of the molecule is O=C(CCn1ccnc1)Nc1cccc(C(=O)NC2CCc3ccccc32)c1. The van der Waals surface area contributed by atoms with E-state index in [2.05, 4.69) is 27.8 Å². The first kappa shape index (κ1) is 18.0. The molecule has 0 spiro atoms. The van der Waals surface area contributed by atoms with E-state index in [1.165, 1.54) is 11.1 Å². The van der Waals surface area contributed by atoms with Gasteiger partial charge in [-0.3, -0.25) is 9.59 Å². The summed E-state index contributed by atoms with van der Waals surface area (Å²) in [4.78, 5) is 28.8. The molecule has 0 radical (unpaired) electrons. The molecule has 0 saturated carbocycles. The normalized spacial score (nSPS) is 15.1. The number of aromatic nitrogens is 2. The van der Waals surface area contributed by atoms with E-state index in [4.69, 9.17) is 0 Å². The largest absolute Gasteiger partial charge is 0.345 e. The van der Waals surface area contributed by atoms with Crippen LogP contribution in [0.25, 0.3) is 0 Å². The summed E-state index contributed by atoms with van der Waals surface area (Å²) >= 11 is 0. The maximum atomic E-state index is 12.7. The Balaban J connectivity index is 1.36. The van der Waals surface area contributed by atoms with E-state index < -0.39 is 0 Å². The lowest BCUT2D eigenvalue weighted by molar-refractivity contribution is -0.116. The number of fused-ring (bicyclic) bond motifs is 1. The Morgan fingerprint density at radius 1 is 1.14 bits per heavy atom. The molecular formula is C22H22N4O2. The number of benzene rings is 2. The topological polar surface area (TPSA) is 76.0 Å². The van der Waals surface area contributed by atoms with Crippen LogP contribution in [-0.4, -0.2) is 21.4 Å². The summed E-state index contributed by atoms with van der Waals surface area (Å²) in [5, 5.41) is 5.97. The molecule has 1 aliphatic carbocycles. The lowest BCUT2D eigenvalue weighted by Gasteiger charge is -2.15. The van der Waals surface area contributed by atoms with Gasteiger partial charge in [-0.2, -0.15) is 0 Å². The zero-order chi connectivity index (χ0) is 19.3. The first-order valence-corrected chi connectivity index (χ1v) is 9.43. The summed E-state index contributed by atoms with van der Waals surface area (Å²) in [7, 11) is 0. The maximum absolute atomic E-state index is 12.7. The Morgan fingerprint density at radius 3 is 2.89 bits per heavy atom. The van der Waals surface area contributed by atoms with Crippen molar-refractivity contribution in [3.63, 3.8) is 0 Å². The van der Waals surface area contributed by atoms with Gasteiger partial charge < -0.3 is 15.2 Å². The van der Waals surface area contributed by atoms with Crippen molar-refractivity contribution >= 4 is 17.5 Å². The lowest BCUT2D eigenvalue weighted by Crippen LogP contribution is -2.27. The van der Waals surface area contributed by atoms with Crippen molar-refractivity contribution in [1.29, 1.82) is 0 Å². The fraction of sp³-hybridized carbons (Fsp3) is 0.227. The van der Waals surface area contributed by atoms with E-state index in [1.807, 2.05) is 22.9 Å². The Morgan fingerprint density at radius 2 is 2.04 bits per heavy atom. The molecule has 2 N–H and O–H groups in total. The van der Waals surface area contributed by atoms with Crippen LogP contribution < -0.4 is 10.6 Å². The average Bonchev–Trinajstić information content (AvgIpc) is 3.37. The number of carbonyl (C=O) groups excluding carboxylic acids is 2. The average molecular weight is 374 g/mol. The van der Waals surface area contributed by atoms with Crippen LogP contribution >= 0.6 is 0 Å². The van der Waals surface area contributed by atoms with Gasteiger partial charge >= 0.3 is 0 Å². The third-order valence-corrected chi connectivity index (χ3v) is 5.00. The summed E-state index contributed by atoms with van der Waals surface area (Å²) < 4.78 is 1.85. The minimum atomic E-state index is -0.129. The van der Waals surface area contributed by atoms with E-state index >= 15 is 0 Å². The fourth-order valence-corrected chi connectivity index (χ4v) is 3.56. The minimum absolute atomic E-state index is 0.0390. The highest BCUT2D eigenvalue weighted by molar-refractivity contribution is 5.97. The Kier molecular flexibility index (Phi) is 5.19. The van der Waals surface area contributed by atoms with Gasteiger partial charge in [-0.15, -0.1) is 0 Å². The Labute approximate surface area is 163 Å². The molecule has 6 heteroatoms. The van der Waals surface area contributed by atoms with Crippen LogP contribution in [0.2, 0.25) is 0 Å². The van der Waals surface area contributed by atoms with Crippen LogP contribution in [0.4, 0.5) is 5.69 Å². The smallest absolute Gasteiger partial charge is 0.251 e.